The summed E-state index contributed by atoms with van der Waals surface area (Å²) < 4.78 is 0. The molecule has 1 atom stereocenters. The van der Waals surface area contributed by atoms with E-state index in [0.29, 0.717) is 5.41 Å². The standard InChI is InChI=1S/C18H29N3/c1-16(2)18(8-9-19-14-18)15-20-10-12-21(13-11-20)17-6-4-3-5-7-17/h3-7,16,19H,8-15H2,1-2H3. The second-order valence-corrected chi connectivity index (χ2v) is 7.04. The van der Waals surface area contributed by atoms with E-state index in [0.717, 1.165) is 19.0 Å². The van der Waals surface area contributed by atoms with Crippen LogP contribution in [0.1, 0.15) is 20.3 Å². The van der Waals surface area contributed by atoms with Crippen molar-refractivity contribution in [3.05, 3.63) is 30.3 Å². The van der Waals surface area contributed by atoms with Gasteiger partial charge in [-0.1, -0.05) is 32.0 Å². The maximum atomic E-state index is 3.58. The van der Waals surface area contributed by atoms with E-state index in [1.165, 1.54) is 44.8 Å². The lowest BCUT2D eigenvalue weighted by atomic mass is 9.76. The zero-order valence-corrected chi connectivity index (χ0v) is 13.5. The van der Waals surface area contributed by atoms with E-state index in [4.69, 9.17) is 0 Å². The van der Waals surface area contributed by atoms with E-state index in [9.17, 15) is 0 Å². The molecule has 2 heterocycles. The SMILES string of the molecule is CC(C)C1(CN2CCN(c3ccccc3)CC2)CCNC1. The van der Waals surface area contributed by atoms with Crippen LogP contribution in [0, 0.1) is 11.3 Å². The average Bonchev–Trinajstić information content (AvgIpc) is 2.99. The lowest BCUT2D eigenvalue weighted by molar-refractivity contribution is 0.113. The summed E-state index contributed by atoms with van der Waals surface area (Å²) in [5.74, 6) is 0.764. The quantitative estimate of drug-likeness (QED) is 0.917. The third kappa shape index (κ3) is 3.24. The van der Waals surface area contributed by atoms with Gasteiger partial charge in [0.25, 0.3) is 0 Å². The summed E-state index contributed by atoms with van der Waals surface area (Å²) in [6.07, 6.45) is 1.34. The summed E-state index contributed by atoms with van der Waals surface area (Å²) in [6.45, 7) is 13.2. The molecule has 0 bridgehead atoms. The van der Waals surface area contributed by atoms with Gasteiger partial charge in [-0.25, -0.2) is 0 Å². The van der Waals surface area contributed by atoms with Crippen LogP contribution < -0.4 is 10.2 Å². The molecule has 0 aliphatic carbocycles. The van der Waals surface area contributed by atoms with Crippen LogP contribution in [0.4, 0.5) is 5.69 Å². The molecule has 3 heteroatoms. The first-order chi connectivity index (χ1) is 10.2. The van der Waals surface area contributed by atoms with E-state index in [-0.39, 0.29) is 0 Å². The summed E-state index contributed by atoms with van der Waals surface area (Å²) in [5, 5.41) is 3.58. The van der Waals surface area contributed by atoms with Crippen molar-refractivity contribution in [3.8, 4) is 0 Å². The molecule has 21 heavy (non-hydrogen) atoms. The highest BCUT2D eigenvalue weighted by molar-refractivity contribution is 5.46. The Morgan fingerprint density at radius 2 is 1.81 bits per heavy atom. The molecule has 3 nitrogen and oxygen atoms in total. The van der Waals surface area contributed by atoms with Crippen LogP contribution in [0.3, 0.4) is 0 Å². The number of piperazine rings is 1. The van der Waals surface area contributed by atoms with Crippen LogP contribution in [0.15, 0.2) is 30.3 Å². The van der Waals surface area contributed by atoms with Gasteiger partial charge in [0.2, 0.25) is 0 Å². The predicted molar refractivity (Wildman–Crippen MR) is 89.9 cm³/mol. The number of anilines is 1. The third-order valence-corrected chi connectivity index (χ3v) is 5.53. The molecule has 116 valence electrons. The molecule has 0 aromatic heterocycles. The van der Waals surface area contributed by atoms with Gasteiger partial charge in [0.1, 0.15) is 0 Å². The topological polar surface area (TPSA) is 18.5 Å². The summed E-state index contributed by atoms with van der Waals surface area (Å²) in [5.41, 5.74) is 1.87. The molecule has 0 spiro atoms. The second kappa shape index (κ2) is 6.37. The first kappa shape index (κ1) is 14.9. The maximum Gasteiger partial charge on any atom is 0.0367 e. The Bertz CT molecular complexity index is 429. The molecule has 0 radical (unpaired) electrons. The van der Waals surface area contributed by atoms with Gasteiger partial charge in [0.05, 0.1) is 0 Å². The van der Waals surface area contributed by atoms with Crippen molar-refractivity contribution in [2.24, 2.45) is 11.3 Å². The largest absolute Gasteiger partial charge is 0.369 e. The van der Waals surface area contributed by atoms with E-state index in [1.54, 1.807) is 0 Å². The van der Waals surface area contributed by atoms with E-state index < -0.39 is 0 Å². The van der Waals surface area contributed by atoms with Crippen LogP contribution in [0.5, 0.6) is 0 Å². The molecular weight excluding hydrogens is 258 g/mol. The number of nitrogens with zero attached hydrogens (tertiary/aromatic N) is 2. The fraction of sp³-hybridized carbons (Fsp3) is 0.667. The van der Waals surface area contributed by atoms with Crippen molar-refractivity contribution < 1.29 is 0 Å². The molecule has 3 rings (SSSR count). The van der Waals surface area contributed by atoms with E-state index in [2.05, 4.69) is 59.3 Å². The van der Waals surface area contributed by atoms with E-state index >= 15 is 0 Å². The Hall–Kier alpha value is -1.06. The van der Waals surface area contributed by atoms with Gasteiger partial charge in [-0.2, -0.15) is 0 Å². The van der Waals surface area contributed by atoms with Gasteiger partial charge in [0, 0.05) is 45.0 Å². The highest BCUT2D eigenvalue weighted by atomic mass is 15.3. The number of nitrogens with one attached hydrogen (secondary N) is 1. The van der Waals surface area contributed by atoms with E-state index in [1.807, 2.05) is 0 Å². The zero-order chi connectivity index (χ0) is 14.7. The minimum absolute atomic E-state index is 0.495. The van der Waals surface area contributed by atoms with Crippen molar-refractivity contribution in [2.45, 2.75) is 20.3 Å². The fourth-order valence-corrected chi connectivity index (χ4v) is 3.82. The molecule has 2 aliphatic heterocycles. The predicted octanol–water partition coefficient (Wildman–Crippen LogP) is 2.44. The molecule has 1 aromatic rings. The number of hydrogen-bond acceptors (Lipinski definition) is 3. The van der Waals surface area contributed by atoms with Crippen molar-refractivity contribution in [3.63, 3.8) is 0 Å². The smallest absolute Gasteiger partial charge is 0.0367 e. The number of para-hydroxylation sites is 1. The van der Waals surface area contributed by atoms with Crippen molar-refractivity contribution >= 4 is 5.69 Å². The second-order valence-electron chi connectivity index (χ2n) is 7.04. The normalized spacial score (nSPS) is 27.5. The van der Waals surface area contributed by atoms with Crippen LogP contribution in [-0.4, -0.2) is 50.7 Å². The molecular formula is C18H29N3. The third-order valence-electron chi connectivity index (χ3n) is 5.53. The van der Waals surface area contributed by atoms with Crippen molar-refractivity contribution in [1.82, 2.24) is 10.2 Å². The molecule has 2 fully saturated rings. The number of benzene rings is 1. The Morgan fingerprint density at radius 3 is 2.38 bits per heavy atom. The fourth-order valence-electron chi connectivity index (χ4n) is 3.82. The Labute approximate surface area is 129 Å². The Morgan fingerprint density at radius 1 is 1.10 bits per heavy atom. The summed E-state index contributed by atoms with van der Waals surface area (Å²) in [4.78, 5) is 5.21. The zero-order valence-electron chi connectivity index (χ0n) is 13.5. The molecule has 0 saturated carbocycles. The van der Waals surface area contributed by atoms with Crippen molar-refractivity contribution in [2.75, 3.05) is 50.7 Å². The van der Waals surface area contributed by atoms with Crippen LogP contribution in [-0.2, 0) is 0 Å². The lowest BCUT2D eigenvalue weighted by Gasteiger charge is -2.42. The number of rotatable bonds is 4. The van der Waals surface area contributed by atoms with Crippen LogP contribution in [0.2, 0.25) is 0 Å². The molecule has 2 aliphatic rings. The monoisotopic (exact) mass is 287 g/mol. The summed E-state index contributed by atoms with van der Waals surface area (Å²) >= 11 is 0. The first-order valence-corrected chi connectivity index (χ1v) is 8.43. The van der Waals surface area contributed by atoms with Gasteiger partial charge < -0.3 is 10.2 Å². The van der Waals surface area contributed by atoms with Gasteiger partial charge in [0.15, 0.2) is 0 Å². The summed E-state index contributed by atoms with van der Waals surface area (Å²) in [6, 6.07) is 10.8. The Balaban J connectivity index is 1.56. The highest BCUT2D eigenvalue weighted by Crippen LogP contribution is 2.35. The van der Waals surface area contributed by atoms with Crippen LogP contribution in [0.25, 0.3) is 0 Å². The van der Waals surface area contributed by atoms with Gasteiger partial charge in [-0.05, 0) is 36.4 Å². The van der Waals surface area contributed by atoms with Crippen molar-refractivity contribution in [1.29, 1.82) is 0 Å². The Kier molecular flexibility index (Phi) is 4.51. The molecule has 1 unspecified atom stereocenters. The van der Waals surface area contributed by atoms with Gasteiger partial charge >= 0.3 is 0 Å². The lowest BCUT2D eigenvalue weighted by Crippen LogP contribution is -2.51. The summed E-state index contributed by atoms with van der Waals surface area (Å²) in [7, 11) is 0. The van der Waals surface area contributed by atoms with Crippen LogP contribution >= 0.6 is 0 Å². The maximum absolute atomic E-state index is 3.58. The molecule has 2 saturated heterocycles. The van der Waals surface area contributed by atoms with Gasteiger partial charge in [-0.3, -0.25) is 4.90 Å². The molecule has 1 N–H and O–H groups in total. The van der Waals surface area contributed by atoms with Gasteiger partial charge in [-0.15, -0.1) is 0 Å². The highest BCUT2D eigenvalue weighted by Gasteiger charge is 2.38. The molecule has 0 amide bonds. The first-order valence-electron chi connectivity index (χ1n) is 8.43. The minimum atomic E-state index is 0.495. The molecule has 1 aromatic carbocycles. The minimum Gasteiger partial charge on any atom is -0.369 e. The average molecular weight is 287 g/mol. The number of hydrogen-bond donors (Lipinski definition) is 1.